The van der Waals surface area contributed by atoms with Gasteiger partial charge in [-0.2, -0.15) is 0 Å². The Morgan fingerprint density at radius 3 is 2.70 bits per heavy atom. The number of guanidine groups is 1. The molecule has 2 saturated heterocycles. The highest BCUT2D eigenvalue weighted by Crippen LogP contribution is 2.10. The predicted octanol–water partition coefficient (Wildman–Crippen LogP) is 1.19. The first kappa shape index (κ1) is 23.1. The zero-order valence-corrected chi connectivity index (χ0v) is 18.5. The first-order valence-corrected chi connectivity index (χ1v) is 11.4. The number of rotatable bonds is 11. The summed E-state index contributed by atoms with van der Waals surface area (Å²) in [6.45, 7) is 10.6. The number of morpholine rings is 1. The van der Waals surface area contributed by atoms with Gasteiger partial charge < -0.3 is 29.4 Å². The van der Waals surface area contributed by atoms with Crippen molar-refractivity contribution < 1.29 is 13.9 Å². The summed E-state index contributed by atoms with van der Waals surface area (Å²) in [5, 5.41) is 7.17. The second kappa shape index (κ2) is 13.6. The summed E-state index contributed by atoms with van der Waals surface area (Å²) in [6, 6.07) is 4.42. The third-order valence-corrected chi connectivity index (χ3v) is 5.79. The predicted molar refractivity (Wildman–Crippen MR) is 119 cm³/mol. The maximum Gasteiger partial charge on any atom is 0.191 e. The molecule has 2 aliphatic rings. The first-order valence-electron chi connectivity index (χ1n) is 11.4. The molecule has 8 nitrogen and oxygen atoms in total. The third kappa shape index (κ3) is 8.63. The van der Waals surface area contributed by atoms with Gasteiger partial charge in [-0.25, -0.2) is 0 Å². The molecule has 1 aromatic rings. The van der Waals surface area contributed by atoms with E-state index in [2.05, 4.69) is 20.4 Å². The SMILES string of the molecule is COCCN1CCC(NC(=NCCCN2CCOCC2)NCCc2ccco2)CC1. The fraction of sp³-hybridized carbons (Fsp3) is 0.773. The third-order valence-electron chi connectivity index (χ3n) is 5.79. The van der Waals surface area contributed by atoms with Gasteiger partial charge in [0.2, 0.25) is 0 Å². The van der Waals surface area contributed by atoms with E-state index in [4.69, 9.17) is 18.9 Å². The minimum Gasteiger partial charge on any atom is -0.469 e. The van der Waals surface area contributed by atoms with Crippen LogP contribution in [-0.4, -0.2) is 101 Å². The van der Waals surface area contributed by atoms with Gasteiger partial charge in [0.05, 0.1) is 26.1 Å². The molecule has 0 saturated carbocycles. The molecule has 2 N–H and O–H groups in total. The Morgan fingerprint density at radius 1 is 1.17 bits per heavy atom. The quantitative estimate of drug-likeness (QED) is 0.316. The van der Waals surface area contributed by atoms with Crippen molar-refractivity contribution in [1.82, 2.24) is 20.4 Å². The lowest BCUT2D eigenvalue weighted by Gasteiger charge is -2.33. The van der Waals surface area contributed by atoms with E-state index in [0.29, 0.717) is 6.04 Å². The number of furan rings is 1. The molecular weight excluding hydrogens is 382 g/mol. The summed E-state index contributed by atoms with van der Waals surface area (Å²) in [5.74, 6) is 1.93. The second-order valence-corrected chi connectivity index (χ2v) is 8.05. The molecule has 8 heteroatoms. The van der Waals surface area contributed by atoms with E-state index in [9.17, 15) is 0 Å². The van der Waals surface area contributed by atoms with Crippen LogP contribution >= 0.6 is 0 Å². The standard InChI is InChI=1S/C22H39N5O3/c1-28-17-13-27-11-6-20(7-12-27)25-22(24-9-5-21-4-2-16-30-21)23-8-3-10-26-14-18-29-19-15-26/h2,4,16,20H,3,5-15,17-19H2,1H3,(H2,23,24,25). The van der Waals surface area contributed by atoms with Crippen LogP contribution in [0.5, 0.6) is 0 Å². The molecule has 30 heavy (non-hydrogen) atoms. The van der Waals surface area contributed by atoms with Gasteiger partial charge in [0.25, 0.3) is 0 Å². The normalized spacial score (nSPS) is 19.8. The van der Waals surface area contributed by atoms with Gasteiger partial charge in [-0.15, -0.1) is 0 Å². The van der Waals surface area contributed by atoms with E-state index in [1.807, 2.05) is 12.1 Å². The summed E-state index contributed by atoms with van der Waals surface area (Å²) in [4.78, 5) is 9.80. The van der Waals surface area contributed by atoms with E-state index in [-0.39, 0.29) is 0 Å². The molecule has 3 rings (SSSR count). The van der Waals surface area contributed by atoms with Crippen molar-refractivity contribution in [3.63, 3.8) is 0 Å². The topological polar surface area (TPSA) is 74.5 Å². The average molecular weight is 422 g/mol. The second-order valence-electron chi connectivity index (χ2n) is 8.05. The van der Waals surface area contributed by atoms with E-state index in [1.54, 1.807) is 13.4 Å². The van der Waals surface area contributed by atoms with Crippen LogP contribution in [0, 0.1) is 0 Å². The van der Waals surface area contributed by atoms with Gasteiger partial charge >= 0.3 is 0 Å². The number of piperidine rings is 1. The molecule has 1 aromatic heterocycles. The van der Waals surface area contributed by atoms with Gasteiger partial charge in [0.1, 0.15) is 5.76 Å². The summed E-state index contributed by atoms with van der Waals surface area (Å²) >= 11 is 0. The fourth-order valence-electron chi connectivity index (χ4n) is 3.94. The first-order chi connectivity index (χ1) is 14.8. The number of hydrogen-bond acceptors (Lipinski definition) is 6. The summed E-state index contributed by atoms with van der Waals surface area (Å²) in [6.07, 6.45) is 5.93. The molecule has 0 bridgehead atoms. The van der Waals surface area contributed by atoms with Crippen molar-refractivity contribution in [3.8, 4) is 0 Å². The number of methoxy groups -OCH3 is 1. The molecule has 0 unspecified atom stereocenters. The molecule has 170 valence electrons. The molecule has 0 radical (unpaired) electrons. The Morgan fingerprint density at radius 2 is 1.97 bits per heavy atom. The molecular formula is C22H39N5O3. The summed E-state index contributed by atoms with van der Waals surface area (Å²) < 4.78 is 16.1. The minimum absolute atomic E-state index is 0.470. The molecule has 3 heterocycles. The number of ether oxygens (including phenoxy) is 2. The Balaban J connectivity index is 1.42. The Kier molecular flexibility index (Phi) is 10.5. The molecule has 2 fully saturated rings. The Hall–Kier alpha value is -1.61. The Bertz CT molecular complexity index is 582. The largest absolute Gasteiger partial charge is 0.469 e. The smallest absolute Gasteiger partial charge is 0.191 e. The molecule has 2 aliphatic heterocycles. The summed E-state index contributed by atoms with van der Waals surface area (Å²) in [5.41, 5.74) is 0. The van der Waals surface area contributed by atoms with E-state index < -0.39 is 0 Å². The van der Waals surface area contributed by atoms with Crippen molar-refractivity contribution >= 4 is 5.96 Å². The van der Waals surface area contributed by atoms with Gasteiger partial charge in [-0.3, -0.25) is 9.89 Å². The van der Waals surface area contributed by atoms with Gasteiger partial charge in [0.15, 0.2) is 5.96 Å². The highest BCUT2D eigenvalue weighted by Gasteiger charge is 2.19. The number of likely N-dealkylation sites (tertiary alicyclic amines) is 1. The van der Waals surface area contributed by atoms with Crippen molar-refractivity contribution in [3.05, 3.63) is 24.2 Å². The molecule has 0 aliphatic carbocycles. The number of nitrogens with one attached hydrogen (secondary N) is 2. The van der Waals surface area contributed by atoms with Crippen LogP contribution in [0.1, 0.15) is 25.0 Å². The van der Waals surface area contributed by atoms with E-state index >= 15 is 0 Å². The molecule has 0 aromatic carbocycles. The van der Waals surface area contributed by atoms with Crippen molar-refractivity contribution in [2.75, 3.05) is 79.3 Å². The monoisotopic (exact) mass is 421 g/mol. The van der Waals surface area contributed by atoms with E-state index in [0.717, 1.165) is 110 Å². The lowest BCUT2D eigenvalue weighted by atomic mass is 10.1. The van der Waals surface area contributed by atoms with Crippen molar-refractivity contribution in [1.29, 1.82) is 0 Å². The van der Waals surface area contributed by atoms with Gasteiger partial charge in [-0.05, 0) is 31.4 Å². The van der Waals surface area contributed by atoms with Gasteiger partial charge in [0, 0.05) is 71.9 Å². The van der Waals surface area contributed by atoms with E-state index in [1.165, 1.54) is 0 Å². The summed E-state index contributed by atoms with van der Waals surface area (Å²) in [7, 11) is 1.77. The number of nitrogens with zero attached hydrogens (tertiary/aromatic N) is 3. The Labute approximate surface area is 181 Å². The fourth-order valence-corrected chi connectivity index (χ4v) is 3.94. The molecule has 0 amide bonds. The lowest BCUT2D eigenvalue weighted by Crippen LogP contribution is -2.49. The molecule has 0 spiro atoms. The zero-order chi connectivity index (χ0) is 20.9. The van der Waals surface area contributed by atoms with Crippen LogP contribution in [-0.2, 0) is 15.9 Å². The number of aliphatic imine (C=N–C) groups is 1. The van der Waals surface area contributed by atoms with Crippen LogP contribution in [0.3, 0.4) is 0 Å². The average Bonchev–Trinajstić information content (AvgIpc) is 3.30. The van der Waals surface area contributed by atoms with Crippen molar-refractivity contribution in [2.24, 2.45) is 4.99 Å². The van der Waals surface area contributed by atoms with Crippen LogP contribution in [0.15, 0.2) is 27.8 Å². The van der Waals surface area contributed by atoms with Crippen LogP contribution in [0.4, 0.5) is 0 Å². The highest BCUT2D eigenvalue weighted by atomic mass is 16.5. The maximum absolute atomic E-state index is 5.44. The lowest BCUT2D eigenvalue weighted by molar-refractivity contribution is 0.0377. The van der Waals surface area contributed by atoms with Crippen LogP contribution in [0.2, 0.25) is 0 Å². The van der Waals surface area contributed by atoms with Crippen LogP contribution in [0.25, 0.3) is 0 Å². The van der Waals surface area contributed by atoms with Gasteiger partial charge in [-0.1, -0.05) is 0 Å². The zero-order valence-electron chi connectivity index (χ0n) is 18.5. The highest BCUT2D eigenvalue weighted by molar-refractivity contribution is 5.80. The maximum atomic E-state index is 5.44. The minimum atomic E-state index is 0.470. The van der Waals surface area contributed by atoms with Crippen molar-refractivity contribution in [2.45, 2.75) is 31.7 Å². The van der Waals surface area contributed by atoms with Crippen LogP contribution < -0.4 is 10.6 Å². The number of hydrogen-bond donors (Lipinski definition) is 2. The molecule has 0 atom stereocenters.